The molecule has 3 rings (SSSR count). The normalized spacial score (nSPS) is 28.6. The number of aliphatic hydroxyl groups is 2. The second kappa shape index (κ2) is 8.53. The molecule has 1 aliphatic heterocycles. The largest absolute Gasteiger partial charge is 0.462 e. The van der Waals surface area contributed by atoms with Crippen LogP contribution in [-0.4, -0.2) is 69.1 Å². The number of hydrogen-bond acceptors (Lipinski definition) is 10. The smallest absolute Gasteiger partial charge is 0.351 e. The summed E-state index contributed by atoms with van der Waals surface area (Å²) in [6, 6.07) is 1.30. The van der Waals surface area contributed by atoms with Crippen molar-refractivity contribution < 1.29 is 34.4 Å². The summed E-state index contributed by atoms with van der Waals surface area (Å²) >= 11 is 0. The van der Waals surface area contributed by atoms with Crippen LogP contribution in [0.25, 0.3) is 0 Å². The zero-order valence-corrected chi connectivity index (χ0v) is 15.5. The van der Waals surface area contributed by atoms with Crippen LogP contribution in [0.4, 0.5) is 5.82 Å². The number of carbonyl (C=O) groups is 1. The van der Waals surface area contributed by atoms with Crippen LogP contribution in [0.5, 0.6) is 0 Å². The third kappa shape index (κ3) is 3.89. The first-order chi connectivity index (χ1) is 13.4. The number of nitrogens with one attached hydrogen (secondary N) is 1. The fourth-order valence-corrected chi connectivity index (χ4v) is 3.38. The Kier molecular flexibility index (Phi) is 6.30. The van der Waals surface area contributed by atoms with Crippen molar-refractivity contribution in [3.63, 3.8) is 0 Å². The third-order valence-corrected chi connectivity index (χ3v) is 5.26. The Bertz CT molecular complexity index is 750. The molecule has 1 aliphatic carbocycles. The van der Waals surface area contributed by atoms with Crippen molar-refractivity contribution in [2.45, 2.75) is 50.7 Å². The lowest BCUT2D eigenvalue weighted by atomic mass is 9.69. The van der Waals surface area contributed by atoms with Crippen LogP contribution in [0.2, 0.25) is 0 Å². The lowest BCUT2D eigenvalue weighted by molar-refractivity contribution is -0.172. The maximum absolute atomic E-state index is 12.5. The summed E-state index contributed by atoms with van der Waals surface area (Å²) in [5.74, 6) is -0.488. The van der Waals surface area contributed by atoms with Gasteiger partial charge in [0.05, 0.1) is 12.0 Å². The molecule has 11 nitrogen and oxygen atoms in total. The fourth-order valence-electron chi connectivity index (χ4n) is 3.38. The summed E-state index contributed by atoms with van der Waals surface area (Å²) in [7, 11) is 0. The van der Waals surface area contributed by atoms with Gasteiger partial charge in [-0.05, 0) is 25.8 Å². The molecule has 0 spiro atoms. The molecule has 0 radical (unpaired) electrons. The van der Waals surface area contributed by atoms with Gasteiger partial charge in [-0.2, -0.15) is 4.98 Å². The van der Waals surface area contributed by atoms with Crippen LogP contribution in [0.15, 0.2) is 17.1 Å². The Morgan fingerprint density at radius 1 is 1.43 bits per heavy atom. The van der Waals surface area contributed by atoms with Gasteiger partial charge in [-0.3, -0.25) is 20.0 Å². The maximum atomic E-state index is 12.5. The van der Waals surface area contributed by atoms with Crippen LogP contribution >= 0.6 is 0 Å². The molecular weight excluding hydrogens is 374 g/mol. The monoisotopic (exact) mass is 399 g/mol. The first-order valence-corrected chi connectivity index (χ1v) is 9.18. The van der Waals surface area contributed by atoms with E-state index in [1.54, 1.807) is 5.48 Å². The van der Waals surface area contributed by atoms with Gasteiger partial charge in [0.2, 0.25) is 0 Å². The summed E-state index contributed by atoms with van der Waals surface area (Å²) in [6.07, 6.45) is -1.45. The molecule has 0 amide bonds. The van der Waals surface area contributed by atoms with Crippen molar-refractivity contribution in [2.75, 3.05) is 25.3 Å². The van der Waals surface area contributed by atoms with Crippen molar-refractivity contribution >= 4 is 11.8 Å². The van der Waals surface area contributed by atoms with Gasteiger partial charge in [0.1, 0.15) is 24.9 Å². The molecule has 1 aromatic heterocycles. The number of nitrogens with zero attached hydrogens (tertiary/aromatic N) is 2. The summed E-state index contributed by atoms with van der Waals surface area (Å²) in [5.41, 5.74) is 0.287. The van der Waals surface area contributed by atoms with E-state index < -0.39 is 41.6 Å². The molecule has 2 fully saturated rings. The van der Waals surface area contributed by atoms with Crippen LogP contribution < -0.4 is 11.2 Å². The van der Waals surface area contributed by atoms with Gasteiger partial charge in [0.25, 0.3) is 0 Å². The average Bonchev–Trinajstić information content (AvgIpc) is 2.93. The van der Waals surface area contributed by atoms with Gasteiger partial charge in [0.15, 0.2) is 12.0 Å². The highest BCUT2D eigenvalue weighted by Crippen LogP contribution is 2.42. The molecule has 156 valence electrons. The van der Waals surface area contributed by atoms with Gasteiger partial charge >= 0.3 is 11.7 Å². The molecular formula is C17H25N3O8. The van der Waals surface area contributed by atoms with E-state index in [1.165, 1.54) is 12.3 Å². The van der Waals surface area contributed by atoms with Gasteiger partial charge < -0.3 is 24.4 Å². The van der Waals surface area contributed by atoms with Crippen molar-refractivity contribution in [1.82, 2.24) is 9.55 Å². The Balaban J connectivity index is 1.63. The van der Waals surface area contributed by atoms with Crippen molar-refractivity contribution in [1.29, 1.82) is 0 Å². The molecule has 11 heteroatoms. The number of esters is 1. The standard InChI is InChI=1S/C17H25N3O8/c1-2-26-9-17(5-3-6-17)15(23)27-8-10-12(21)13(22)14(28-10)20-7-4-11(19-25)18-16(20)24/h4,7,10,12-14,21-22,25H,2-3,5-6,8-9H2,1H3,(H,18,19,24)/t10-,12-,13-,14-/m1/s1. The number of aromatic nitrogens is 2. The van der Waals surface area contributed by atoms with Crippen LogP contribution in [-0.2, 0) is 19.0 Å². The van der Waals surface area contributed by atoms with Gasteiger partial charge in [0, 0.05) is 12.8 Å². The predicted molar refractivity (Wildman–Crippen MR) is 93.6 cm³/mol. The minimum absolute atomic E-state index is 0.0696. The number of aliphatic hydroxyl groups excluding tert-OH is 2. The molecule has 1 aromatic rings. The van der Waals surface area contributed by atoms with Crippen LogP contribution in [0.3, 0.4) is 0 Å². The highest BCUT2D eigenvalue weighted by Gasteiger charge is 2.48. The molecule has 0 aromatic carbocycles. The molecule has 1 saturated carbocycles. The first kappa shape index (κ1) is 20.7. The number of carbonyl (C=O) groups excluding carboxylic acids is 1. The molecule has 4 atom stereocenters. The molecule has 1 saturated heterocycles. The van der Waals surface area contributed by atoms with E-state index in [-0.39, 0.29) is 19.0 Å². The maximum Gasteiger partial charge on any atom is 0.351 e. The number of anilines is 1. The summed E-state index contributed by atoms with van der Waals surface area (Å²) < 4.78 is 17.3. The lowest BCUT2D eigenvalue weighted by Gasteiger charge is -2.38. The Morgan fingerprint density at radius 3 is 2.75 bits per heavy atom. The van der Waals surface area contributed by atoms with Crippen molar-refractivity contribution in [3.8, 4) is 0 Å². The number of hydrogen-bond donors (Lipinski definition) is 4. The average molecular weight is 399 g/mol. The Morgan fingerprint density at radius 2 is 2.18 bits per heavy atom. The van der Waals surface area contributed by atoms with E-state index in [9.17, 15) is 19.8 Å². The fraction of sp³-hybridized carbons (Fsp3) is 0.706. The summed E-state index contributed by atoms with van der Waals surface area (Å²) in [6.45, 7) is 2.37. The molecule has 0 bridgehead atoms. The summed E-state index contributed by atoms with van der Waals surface area (Å²) in [4.78, 5) is 28.0. The highest BCUT2D eigenvalue weighted by molar-refractivity contribution is 5.78. The predicted octanol–water partition coefficient (Wildman–Crippen LogP) is -0.586. The minimum Gasteiger partial charge on any atom is -0.462 e. The van der Waals surface area contributed by atoms with E-state index in [1.807, 2.05) is 6.92 Å². The first-order valence-electron chi connectivity index (χ1n) is 9.18. The zero-order chi connectivity index (χ0) is 20.3. The van der Waals surface area contributed by atoms with E-state index in [0.29, 0.717) is 19.4 Å². The lowest BCUT2D eigenvalue weighted by Crippen LogP contribution is -2.45. The topological polar surface area (TPSA) is 152 Å². The molecule has 28 heavy (non-hydrogen) atoms. The second-order valence-corrected chi connectivity index (χ2v) is 7.03. The SMILES string of the molecule is CCOCC1(C(=O)OC[C@H]2O[C@@H](n3ccc(NO)nc3=O)[C@H](O)[C@@H]2O)CCC1. The highest BCUT2D eigenvalue weighted by atomic mass is 16.6. The molecule has 4 N–H and O–H groups in total. The van der Waals surface area contributed by atoms with E-state index in [4.69, 9.17) is 19.4 Å². The van der Waals surface area contributed by atoms with Crippen molar-refractivity contribution in [2.24, 2.45) is 5.41 Å². The zero-order valence-electron chi connectivity index (χ0n) is 15.5. The minimum atomic E-state index is -1.42. The van der Waals surface area contributed by atoms with Gasteiger partial charge in [-0.25, -0.2) is 4.79 Å². The molecule has 2 heterocycles. The quantitative estimate of drug-likeness (QED) is 0.330. The number of rotatable bonds is 8. The summed E-state index contributed by atoms with van der Waals surface area (Å²) in [5, 5.41) is 29.3. The molecule has 0 unspecified atom stereocenters. The van der Waals surface area contributed by atoms with Gasteiger partial charge in [-0.15, -0.1) is 0 Å². The van der Waals surface area contributed by atoms with Crippen molar-refractivity contribution in [3.05, 3.63) is 22.7 Å². The second-order valence-electron chi connectivity index (χ2n) is 7.03. The molecule has 2 aliphatic rings. The Hall–Kier alpha value is -2.05. The number of ether oxygens (including phenoxy) is 3. The third-order valence-electron chi connectivity index (χ3n) is 5.26. The van der Waals surface area contributed by atoms with E-state index in [2.05, 4.69) is 4.98 Å². The Labute approximate surface area is 160 Å². The van der Waals surface area contributed by atoms with Crippen LogP contribution in [0.1, 0.15) is 32.4 Å². The van der Waals surface area contributed by atoms with Gasteiger partial charge in [-0.1, -0.05) is 6.42 Å². The van der Waals surface area contributed by atoms with E-state index >= 15 is 0 Å². The van der Waals surface area contributed by atoms with Crippen LogP contribution in [0, 0.1) is 5.41 Å². The van der Waals surface area contributed by atoms with E-state index in [0.717, 1.165) is 11.0 Å².